The molecule has 9 nitrogen and oxygen atoms in total. The zero-order chi connectivity index (χ0) is 34.0. The van der Waals surface area contributed by atoms with Crippen molar-refractivity contribution >= 4 is 23.3 Å². The third-order valence-electron chi connectivity index (χ3n) is 8.22. The van der Waals surface area contributed by atoms with Gasteiger partial charge >= 0.3 is 12.8 Å². The predicted molar refractivity (Wildman–Crippen MR) is 156 cm³/mol. The van der Waals surface area contributed by atoms with Crippen LogP contribution in [-0.4, -0.2) is 81.7 Å². The number of carbonyl (C=O) groups is 2. The molecule has 16 heteroatoms. The molecule has 2 aliphatic heterocycles. The highest BCUT2D eigenvalue weighted by Gasteiger charge is 2.48. The van der Waals surface area contributed by atoms with E-state index in [1.165, 1.54) is 25.3 Å². The maximum Gasteiger partial charge on any atom is 0.421 e. The van der Waals surface area contributed by atoms with E-state index in [-0.39, 0.29) is 35.8 Å². The summed E-state index contributed by atoms with van der Waals surface area (Å²) < 4.78 is 109. The summed E-state index contributed by atoms with van der Waals surface area (Å²) >= 11 is 0. The fraction of sp³-hybridized carbons (Fsp3) is 0.387. The van der Waals surface area contributed by atoms with E-state index in [1.807, 2.05) is 11.9 Å². The van der Waals surface area contributed by atoms with Crippen molar-refractivity contribution in [3.63, 3.8) is 0 Å². The third kappa shape index (κ3) is 7.21. The van der Waals surface area contributed by atoms with Gasteiger partial charge in [0.1, 0.15) is 34.5 Å². The first-order valence-corrected chi connectivity index (χ1v) is 14.5. The average molecular weight is 670 g/mol. The molecule has 0 saturated carbocycles. The van der Waals surface area contributed by atoms with Crippen LogP contribution in [0, 0.1) is 17.6 Å². The van der Waals surface area contributed by atoms with Crippen LogP contribution in [0.1, 0.15) is 27.4 Å². The van der Waals surface area contributed by atoms with Crippen molar-refractivity contribution in [3.8, 4) is 11.5 Å². The Morgan fingerprint density at radius 3 is 2.23 bits per heavy atom. The topological polar surface area (TPSA) is 87.2 Å². The molecule has 0 bridgehead atoms. The first-order valence-electron chi connectivity index (χ1n) is 14.5. The van der Waals surface area contributed by atoms with Crippen molar-refractivity contribution in [1.82, 2.24) is 15.2 Å². The number of methoxy groups -OCH3 is 1. The largest absolute Gasteiger partial charge is 0.497 e. The number of aromatic nitrogens is 1. The molecule has 0 spiro atoms. The van der Waals surface area contributed by atoms with Gasteiger partial charge < -0.3 is 24.6 Å². The van der Waals surface area contributed by atoms with E-state index < -0.39 is 78.1 Å². The maximum atomic E-state index is 15.4. The zero-order valence-corrected chi connectivity index (χ0v) is 25.2. The molecule has 5 rings (SSSR count). The number of benzene rings is 2. The van der Waals surface area contributed by atoms with Gasteiger partial charge in [0.05, 0.1) is 18.7 Å². The van der Waals surface area contributed by atoms with Gasteiger partial charge in [-0.1, -0.05) is 0 Å². The first kappa shape index (κ1) is 33.8. The Kier molecular flexibility index (Phi) is 9.79. The van der Waals surface area contributed by atoms with E-state index in [0.717, 1.165) is 35.4 Å². The Hall–Kier alpha value is -4.60. The van der Waals surface area contributed by atoms with Crippen molar-refractivity contribution in [2.75, 3.05) is 63.2 Å². The number of amides is 2. The minimum Gasteiger partial charge on any atom is -0.497 e. The highest BCUT2D eigenvalue weighted by atomic mass is 19.4. The van der Waals surface area contributed by atoms with E-state index in [4.69, 9.17) is 4.74 Å². The molecule has 2 aliphatic rings. The second-order valence-electron chi connectivity index (χ2n) is 11.1. The Morgan fingerprint density at radius 1 is 1.02 bits per heavy atom. The van der Waals surface area contributed by atoms with Crippen LogP contribution in [0.15, 0.2) is 48.7 Å². The standard InChI is InChI=1S/C31H30F7N5O4/c1-41-9-11-42(12-10-41)24-7-8-39-27(26(24)31(36,37)38)43-16-21(25-22(32)13-19(46-2)14-23(25)33)20(29(43)45)15-40-28(44)17-3-5-18(6-4-17)47-30(34)35/h3-8,13-14,20-21,30H,9-12,15-16H2,1-2H3,(H,40,44)/t20?,21-/m1/s1. The van der Waals surface area contributed by atoms with Crippen molar-refractivity contribution in [1.29, 1.82) is 0 Å². The number of halogens is 7. The number of anilines is 2. The fourth-order valence-corrected chi connectivity index (χ4v) is 5.85. The lowest BCUT2D eigenvalue weighted by molar-refractivity contribution is -0.137. The van der Waals surface area contributed by atoms with Crippen LogP contribution >= 0.6 is 0 Å². The van der Waals surface area contributed by atoms with E-state index in [2.05, 4.69) is 15.0 Å². The quantitative estimate of drug-likeness (QED) is 0.324. The number of ether oxygens (including phenoxy) is 2. The summed E-state index contributed by atoms with van der Waals surface area (Å²) in [7, 11) is 3.03. The monoisotopic (exact) mass is 669 g/mol. The number of rotatable bonds is 9. The molecule has 2 atom stereocenters. The molecule has 2 aromatic carbocycles. The molecule has 252 valence electrons. The minimum absolute atomic E-state index is 0.0202. The van der Waals surface area contributed by atoms with Gasteiger partial charge in [-0.3, -0.25) is 14.5 Å². The molecule has 0 aliphatic carbocycles. The second-order valence-corrected chi connectivity index (χ2v) is 11.1. The van der Waals surface area contributed by atoms with Gasteiger partial charge in [-0.15, -0.1) is 0 Å². The number of carbonyl (C=O) groups excluding carboxylic acids is 2. The number of piperazine rings is 1. The van der Waals surface area contributed by atoms with Gasteiger partial charge in [-0.05, 0) is 37.4 Å². The van der Waals surface area contributed by atoms with Crippen LogP contribution < -0.4 is 24.6 Å². The van der Waals surface area contributed by atoms with Gasteiger partial charge in [0, 0.05) is 74.6 Å². The Morgan fingerprint density at radius 2 is 1.66 bits per heavy atom. The summed E-state index contributed by atoms with van der Waals surface area (Å²) in [6, 6.07) is 7.58. The predicted octanol–water partition coefficient (Wildman–Crippen LogP) is 4.92. The molecule has 1 N–H and O–H groups in total. The van der Waals surface area contributed by atoms with Gasteiger partial charge in [-0.2, -0.15) is 22.0 Å². The van der Waals surface area contributed by atoms with Crippen LogP contribution in [0.25, 0.3) is 0 Å². The number of alkyl halides is 5. The zero-order valence-electron chi connectivity index (χ0n) is 25.2. The van der Waals surface area contributed by atoms with Crippen LogP contribution in [0.4, 0.5) is 42.2 Å². The lowest BCUT2D eigenvalue weighted by Gasteiger charge is -2.36. The Bertz CT molecular complexity index is 1590. The molecule has 3 aromatic rings. The van der Waals surface area contributed by atoms with E-state index >= 15 is 8.78 Å². The Labute approximate surface area is 264 Å². The summed E-state index contributed by atoms with van der Waals surface area (Å²) in [5, 5.41) is 2.48. The van der Waals surface area contributed by atoms with Crippen LogP contribution in [0.3, 0.4) is 0 Å². The van der Waals surface area contributed by atoms with Crippen LogP contribution in [-0.2, 0) is 11.0 Å². The lowest BCUT2D eigenvalue weighted by atomic mass is 9.87. The summed E-state index contributed by atoms with van der Waals surface area (Å²) in [6.45, 7) is -2.63. The number of nitrogens with one attached hydrogen (secondary N) is 1. The highest BCUT2D eigenvalue weighted by Crippen LogP contribution is 2.46. The lowest BCUT2D eigenvalue weighted by Crippen LogP contribution is -2.45. The second kappa shape index (κ2) is 13.6. The molecular formula is C31H30F7N5O4. The highest BCUT2D eigenvalue weighted by molar-refractivity contribution is 6.00. The molecule has 2 saturated heterocycles. The Balaban J connectivity index is 1.50. The number of hydrogen-bond acceptors (Lipinski definition) is 7. The van der Waals surface area contributed by atoms with Crippen LogP contribution in [0.2, 0.25) is 0 Å². The van der Waals surface area contributed by atoms with Gasteiger partial charge in [0.25, 0.3) is 5.91 Å². The number of nitrogens with zero attached hydrogens (tertiary/aromatic N) is 4. The van der Waals surface area contributed by atoms with Gasteiger partial charge in [0.15, 0.2) is 0 Å². The molecule has 0 radical (unpaired) electrons. The summed E-state index contributed by atoms with van der Waals surface area (Å²) in [5.74, 6) is -7.78. The maximum absolute atomic E-state index is 15.4. The molecular weight excluding hydrogens is 639 g/mol. The number of pyridine rings is 1. The van der Waals surface area contributed by atoms with Crippen LogP contribution in [0.5, 0.6) is 11.5 Å². The smallest absolute Gasteiger partial charge is 0.421 e. The van der Waals surface area contributed by atoms with Crippen molar-refractivity contribution < 1.29 is 49.8 Å². The number of hydrogen-bond donors (Lipinski definition) is 1. The van der Waals surface area contributed by atoms with E-state index in [0.29, 0.717) is 13.1 Å². The first-order chi connectivity index (χ1) is 22.3. The molecule has 2 amide bonds. The van der Waals surface area contributed by atoms with Crippen molar-refractivity contribution in [2.45, 2.75) is 18.7 Å². The molecule has 1 aromatic heterocycles. The summed E-state index contributed by atoms with van der Waals surface area (Å²) in [5.41, 5.74) is -1.94. The fourth-order valence-electron chi connectivity index (χ4n) is 5.85. The normalized spacial score (nSPS) is 19.0. The molecule has 47 heavy (non-hydrogen) atoms. The van der Waals surface area contributed by atoms with Gasteiger partial charge in [0.2, 0.25) is 5.91 Å². The SMILES string of the molecule is COc1cc(F)c([C@@H]2CN(c3nccc(N4CCN(C)CC4)c3C(F)(F)F)C(=O)C2CNC(=O)c2ccc(OC(F)F)cc2)c(F)c1. The third-order valence-corrected chi connectivity index (χ3v) is 8.22. The number of likely N-dealkylation sites (N-methyl/N-ethyl adjacent to an activating group) is 1. The average Bonchev–Trinajstić information content (AvgIpc) is 3.34. The van der Waals surface area contributed by atoms with Crippen molar-refractivity contribution in [3.05, 3.63) is 77.0 Å². The van der Waals surface area contributed by atoms with Crippen molar-refractivity contribution in [2.24, 2.45) is 5.92 Å². The summed E-state index contributed by atoms with van der Waals surface area (Å²) in [6.07, 6.45) is -3.81. The molecule has 1 unspecified atom stereocenters. The van der Waals surface area contributed by atoms with E-state index in [1.54, 1.807) is 4.90 Å². The van der Waals surface area contributed by atoms with Gasteiger partial charge in [-0.25, -0.2) is 13.8 Å². The minimum atomic E-state index is -4.96. The molecule has 3 heterocycles. The molecule has 2 fully saturated rings. The van der Waals surface area contributed by atoms with E-state index in [9.17, 15) is 31.5 Å². The summed E-state index contributed by atoms with van der Waals surface area (Å²) in [4.78, 5) is 35.1.